The summed E-state index contributed by atoms with van der Waals surface area (Å²) < 4.78 is 106. The van der Waals surface area contributed by atoms with Gasteiger partial charge < -0.3 is 23.0 Å². The van der Waals surface area contributed by atoms with Crippen molar-refractivity contribution in [3.63, 3.8) is 0 Å². The van der Waals surface area contributed by atoms with Gasteiger partial charge in [-0.05, 0) is 97.0 Å². The van der Waals surface area contributed by atoms with E-state index in [2.05, 4.69) is 184 Å². The molecule has 0 N–H and O–H groups in total. The summed E-state index contributed by atoms with van der Waals surface area (Å²) in [6, 6.07) is 85.4. The number of hydrogen-bond acceptors (Lipinski definition) is 2. The van der Waals surface area contributed by atoms with Gasteiger partial charge >= 0.3 is 0 Å². The van der Waals surface area contributed by atoms with Gasteiger partial charge in [0, 0.05) is 82.9 Å². The molecule has 0 fully saturated rings. The zero-order valence-corrected chi connectivity index (χ0v) is 50.9. The van der Waals surface area contributed by atoms with Crippen LogP contribution in [0.2, 0.25) is 0 Å². The zero-order valence-electron chi connectivity index (χ0n) is 58.7. The second-order valence-corrected chi connectivity index (χ2v) is 22.3. The van der Waals surface area contributed by atoms with Crippen molar-refractivity contribution in [2.75, 3.05) is 0 Å². The smallest absolute Gasteiger partial charge is 0.268 e. The van der Waals surface area contributed by atoms with E-state index < -0.39 is 60.4 Å². The van der Waals surface area contributed by atoms with E-state index in [4.69, 9.17) is 17.9 Å². The molecule has 0 atom stereocenters. The summed E-state index contributed by atoms with van der Waals surface area (Å²) in [5.41, 5.74) is 8.64. The summed E-state index contributed by atoms with van der Waals surface area (Å²) >= 11 is 0. The first-order chi connectivity index (χ1) is 49.3. The van der Waals surface area contributed by atoms with E-state index in [1.807, 2.05) is 85.1 Å². The first-order valence-electron chi connectivity index (χ1n) is 34.9. The molecule has 8 heteroatoms. The van der Waals surface area contributed by atoms with Gasteiger partial charge in [-0.2, -0.15) is 12.1 Å². The Hall–Kier alpha value is -11.6. The van der Waals surface area contributed by atoms with Gasteiger partial charge in [-0.3, -0.25) is 4.57 Å². The molecule has 13 aromatic carbocycles. The van der Waals surface area contributed by atoms with Crippen LogP contribution in [0.25, 0.3) is 149 Å². The maximum absolute atomic E-state index is 9.24. The minimum Gasteiger partial charge on any atom is -0.508 e. The standard InChI is InChI=1S/C84H52N6O.Pt/c1-3-25-56(26-4-1)61-40-24-41-62(57-27-5-2-6-28-57)84(61)87-55-86(78-47-21-22-48-79(78)87)58-29-23-30-60(51-58)91-82-54-80-72(53-81(82)89-75-44-18-13-37-69(75)70-38-14-19-45-76(70)89)71-39-15-20-46-77(71)90(80)83-52-59(49-50-85-83)88-73-42-16-11-35-67(73)65-33-9-7-31-63(65)64-32-8-10-34-66(64)68-36-12-17-43-74(68)88;/h1-50,52-53H;/q-2;/i1D,2D,3D,4D,5D,6D,25D,26D,27D,28D;. The molecule has 92 heavy (non-hydrogen) atoms. The van der Waals surface area contributed by atoms with Crippen molar-refractivity contribution in [3.8, 4) is 62.3 Å². The number of fused-ring (bicyclic) bond motifs is 14. The molecule has 0 aliphatic rings. The number of rotatable bonds is 9. The number of para-hydroxylation sites is 8. The van der Waals surface area contributed by atoms with Crippen LogP contribution in [0.4, 0.5) is 0 Å². The first-order valence-corrected chi connectivity index (χ1v) is 29.9. The van der Waals surface area contributed by atoms with Gasteiger partial charge in [-0.25, -0.2) is 4.98 Å². The van der Waals surface area contributed by atoms with Crippen LogP contribution in [0.5, 0.6) is 11.5 Å². The molecule has 18 rings (SSSR count). The van der Waals surface area contributed by atoms with Crippen molar-refractivity contribution >= 4 is 98.0 Å². The second kappa shape index (κ2) is 22.4. The summed E-state index contributed by atoms with van der Waals surface area (Å²) in [7, 11) is 0. The number of ether oxygens (including phenoxy) is 1. The van der Waals surface area contributed by atoms with Gasteiger partial charge in [0.15, 0.2) is 0 Å². The first kappa shape index (κ1) is 44.7. The van der Waals surface area contributed by atoms with E-state index in [1.54, 1.807) is 27.3 Å². The molecule has 0 amide bonds. The minimum absolute atomic E-state index is 0. The van der Waals surface area contributed by atoms with E-state index in [9.17, 15) is 5.48 Å². The summed E-state index contributed by atoms with van der Waals surface area (Å²) in [6.45, 7) is 0. The number of hydrogen-bond donors (Lipinski definition) is 0. The predicted molar refractivity (Wildman–Crippen MR) is 372 cm³/mol. The maximum Gasteiger partial charge on any atom is 0.268 e. The molecule has 0 saturated heterocycles. The van der Waals surface area contributed by atoms with Crippen LogP contribution in [-0.2, 0) is 21.1 Å². The van der Waals surface area contributed by atoms with Crippen LogP contribution < -0.4 is 9.30 Å². The second-order valence-electron chi connectivity index (χ2n) is 22.3. The van der Waals surface area contributed by atoms with E-state index in [-0.39, 0.29) is 49.0 Å². The molecule has 436 valence electrons. The minimum atomic E-state index is -0.586. The molecule has 0 saturated carbocycles. The van der Waals surface area contributed by atoms with Crippen molar-refractivity contribution in [2.24, 2.45) is 0 Å². The van der Waals surface area contributed by atoms with Gasteiger partial charge in [0.05, 0.1) is 47.1 Å². The molecule has 0 aliphatic heterocycles. The van der Waals surface area contributed by atoms with Crippen LogP contribution in [0, 0.1) is 18.5 Å². The number of nitrogens with zero attached hydrogens (tertiary/aromatic N) is 6. The third-order valence-electron chi connectivity index (χ3n) is 17.3. The van der Waals surface area contributed by atoms with Gasteiger partial charge in [0.25, 0.3) is 6.33 Å². The Bertz CT molecular complexity index is 6370. The SMILES string of the molecule is [2H]c1c([2H])c([2H])c(-c2cccc(-c3c([2H])c([2H])c([2H])c([2H])c3[2H])c2-[n+]2[c-]n(-c3[c-]c(Oc4[c-]c5c(cc4-n4c6ccccc6c6ccccc64)c4ccccc4n5-c4cc(-n5c6ccccc6c6ccccc6c6ccccc6c6ccccc65)ccn4)ccc3)c3ccccc32)c([2H])c1[2H].[Pt]. The van der Waals surface area contributed by atoms with E-state index in [0.29, 0.717) is 45.2 Å². The largest absolute Gasteiger partial charge is 0.508 e. The van der Waals surface area contributed by atoms with Gasteiger partial charge in [0.1, 0.15) is 5.82 Å². The molecule has 0 radical (unpaired) electrons. The Morgan fingerprint density at radius 3 is 1.39 bits per heavy atom. The third kappa shape index (κ3) is 8.84. The maximum atomic E-state index is 9.24. The molecule has 0 aliphatic carbocycles. The third-order valence-corrected chi connectivity index (χ3v) is 17.3. The normalized spacial score (nSPS) is 13.1. The average molecular weight is 1370 g/mol. The van der Waals surface area contributed by atoms with Crippen LogP contribution >= 0.6 is 0 Å². The summed E-state index contributed by atoms with van der Waals surface area (Å²) in [5.74, 6) is 1.30. The summed E-state index contributed by atoms with van der Waals surface area (Å²) in [4.78, 5) is 5.24. The predicted octanol–water partition coefficient (Wildman–Crippen LogP) is 20.5. The number of aromatic nitrogens is 6. The van der Waals surface area contributed by atoms with Crippen LogP contribution in [0.1, 0.15) is 13.7 Å². The number of benzene rings is 13. The van der Waals surface area contributed by atoms with E-state index >= 15 is 0 Å². The van der Waals surface area contributed by atoms with Crippen molar-refractivity contribution in [3.05, 3.63) is 334 Å². The van der Waals surface area contributed by atoms with Gasteiger partial charge in [0.2, 0.25) is 0 Å². The molecular formula is C84H52N6OPt-2. The Morgan fingerprint density at radius 1 is 0.391 bits per heavy atom. The molecule has 7 nitrogen and oxygen atoms in total. The van der Waals surface area contributed by atoms with Crippen LogP contribution in [0.3, 0.4) is 0 Å². The quantitative estimate of drug-likeness (QED) is 0.107. The molecular weight excluding hydrogens is 1300 g/mol. The number of imidazole rings is 1. The fraction of sp³-hybridized carbons (Fsp3) is 0. The summed E-state index contributed by atoms with van der Waals surface area (Å²) in [6.07, 6.45) is 5.37. The Balaban J connectivity index is 0.00000774. The molecule has 0 bridgehead atoms. The monoisotopic (exact) mass is 1370 g/mol. The fourth-order valence-corrected chi connectivity index (χ4v) is 13.4. The van der Waals surface area contributed by atoms with Crippen molar-refractivity contribution in [1.82, 2.24) is 23.3 Å². The average Bonchev–Trinajstić information content (AvgIpc) is 1.53. The fourth-order valence-electron chi connectivity index (χ4n) is 13.4. The Labute approximate surface area is 558 Å². The molecule has 0 spiro atoms. The molecule has 5 aromatic heterocycles. The van der Waals surface area contributed by atoms with Crippen molar-refractivity contribution < 1.29 is 44.1 Å². The molecule has 5 heterocycles. The van der Waals surface area contributed by atoms with Crippen molar-refractivity contribution in [2.45, 2.75) is 0 Å². The van der Waals surface area contributed by atoms with Crippen LogP contribution in [0.15, 0.2) is 315 Å². The van der Waals surface area contributed by atoms with Gasteiger partial charge in [-0.15, -0.1) is 24.3 Å². The molecule has 18 aromatic rings. The Kier molecular flexibility index (Phi) is 10.9. The number of pyridine rings is 1. The Morgan fingerprint density at radius 2 is 0.837 bits per heavy atom. The topological polar surface area (TPSA) is 45.7 Å². The van der Waals surface area contributed by atoms with E-state index in [1.165, 1.54) is 0 Å². The zero-order chi connectivity index (χ0) is 68.6. The molecule has 0 unspecified atom stereocenters. The van der Waals surface area contributed by atoms with E-state index in [0.717, 1.165) is 87.1 Å². The van der Waals surface area contributed by atoms with Crippen molar-refractivity contribution in [1.29, 1.82) is 0 Å². The summed E-state index contributed by atoms with van der Waals surface area (Å²) in [5, 5.41) is 10.6. The van der Waals surface area contributed by atoms with Gasteiger partial charge in [-0.1, -0.05) is 253 Å². The van der Waals surface area contributed by atoms with Crippen LogP contribution in [-0.4, -0.2) is 23.3 Å².